The maximum Gasteiger partial charge on any atom is 0.0520 e. The van der Waals surface area contributed by atoms with Crippen molar-refractivity contribution in [3.63, 3.8) is 0 Å². The van der Waals surface area contributed by atoms with E-state index in [-0.39, 0.29) is 10.8 Å². The van der Waals surface area contributed by atoms with Gasteiger partial charge in [0.1, 0.15) is 0 Å². The normalized spacial score (nSPS) is 14.2. The highest BCUT2D eigenvalue weighted by Gasteiger charge is 2.26. The van der Waals surface area contributed by atoms with Crippen molar-refractivity contribution in [2.75, 3.05) is 19.4 Å². The van der Waals surface area contributed by atoms with Crippen molar-refractivity contribution in [1.82, 2.24) is 0 Å². The number of hydrogen-bond acceptors (Lipinski definition) is 1. The van der Waals surface area contributed by atoms with E-state index in [0.29, 0.717) is 5.41 Å². The fourth-order valence-electron chi connectivity index (χ4n) is 2.15. The molecule has 0 N–H and O–H groups in total. The van der Waals surface area contributed by atoms with E-state index in [4.69, 9.17) is 4.74 Å². The Kier molecular flexibility index (Phi) is 5.97. The van der Waals surface area contributed by atoms with Crippen molar-refractivity contribution >= 4 is 9.24 Å². The molecule has 0 amide bonds. The van der Waals surface area contributed by atoms with Crippen LogP contribution < -0.4 is 0 Å². The fraction of sp³-hybridized carbons (Fsp3) is 1.00. The molecule has 0 radical (unpaired) electrons. The van der Waals surface area contributed by atoms with Crippen LogP contribution in [0.2, 0.25) is 0 Å². The standard InChI is InChI=1S/C14H31OP/c1-12(2,3)8-13(4,5)9-15-10-14(6,7)11-16/h8-11,16H2,1-7H3. The second-order valence-corrected chi connectivity index (χ2v) is 8.17. The molecule has 0 aliphatic heterocycles. The quantitative estimate of drug-likeness (QED) is 0.632. The van der Waals surface area contributed by atoms with Crippen molar-refractivity contribution in [1.29, 1.82) is 0 Å². The van der Waals surface area contributed by atoms with Crippen LogP contribution in [0.5, 0.6) is 0 Å². The van der Waals surface area contributed by atoms with Crippen LogP contribution in [-0.2, 0) is 4.74 Å². The Morgan fingerprint density at radius 1 is 0.812 bits per heavy atom. The number of rotatable bonds is 6. The molecule has 0 saturated heterocycles. The minimum Gasteiger partial charge on any atom is -0.380 e. The Morgan fingerprint density at radius 2 is 1.25 bits per heavy atom. The Hall–Kier alpha value is 0.390. The largest absolute Gasteiger partial charge is 0.380 e. The van der Waals surface area contributed by atoms with Gasteiger partial charge in [0.15, 0.2) is 0 Å². The van der Waals surface area contributed by atoms with E-state index in [0.717, 1.165) is 19.4 Å². The Labute approximate surface area is 105 Å². The van der Waals surface area contributed by atoms with Crippen LogP contribution in [-0.4, -0.2) is 19.4 Å². The first-order valence-electron chi connectivity index (χ1n) is 6.25. The summed E-state index contributed by atoms with van der Waals surface area (Å²) in [5.74, 6) is 0. The lowest BCUT2D eigenvalue weighted by atomic mass is 9.77. The molecule has 2 heteroatoms. The predicted molar refractivity (Wildman–Crippen MR) is 77.0 cm³/mol. The first kappa shape index (κ1) is 16.4. The monoisotopic (exact) mass is 246 g/mol. The van der Waals surface area contributed by atoms with E-state index in [1.807, 2.05) is 0 Å². The second-order valence-electron chi connectivity index (χ2n) is 7.76. The van der Waals surface area contributed by atoms with Crippen LogP contribution >= 0.6 is 9.24 Å². The van der Waals surface area contributed by atoms with Crippen molar-refractivity contribution < 1.29 is 4.74 Å². The van der Waals surface area contributed by atoms with E-state index in [2.05, 4.69) is 57.7 Å². The second kappa shape index (κ2) is 5.83. The summed E-state index contributed by atoms with van der Waals surface area (Å²) in [7, 11) is 2.80. The predicted octanol–water partition coefficient (Wildman–Crippen LogP) is 4.37. The molecule has 0 rings (SSSR count). The lowest BCUT2D eigenvalue weighted by Crippen LogP contribution is -2.29. The maximum absolute atomic E-state index is 5.89. The third-order valence-electron chi connectivity index (χ3n) is 2.55. The smallest absolute Gasteiger partial charge is 0.0520 e. The van der Waals surface area contributed by atoms with Gasteiger partial charge in [0, 0.05) is 0 Å². The zero-order valence-corrected chi connectivity index (χ0v) is 13.5. The highest BCUT2D eigenvalue weighted by Crippen LogP contribution is 2.33. The van der Waals surface area contributed by atoms with Gasteiger partial charge in [0.2, 0.25) is 0 Å². The van der Waals surface area contributed by atoms with E-state index < -0.39 is 0 Å². The Balaban J connectivity index is 4.01. The van der Waals surface area contributed by atoms with E-state index in [9.17, 15) is 0 Å². The first-order chi connectivity index (χ1) is 6.97. The Morgan fingerprint density at radius 3 is 1.62 bits per heavy atom. The van der Waals surface area contributed by atoms with Crippen LogP contribution in [0.1, 0.15) is 54.9 Å². The average molecular weight is 246 g/mol. The van der Waals surface area contributed by atoms with Gasteiger partial charge in [0.25, 0.3) is 0 Å². The van der Waals surface area contributed by atoms with Crippen LogP contribution in [0.25, 0.3) is 0 Å². The molecule has 1 nitrogen and oxygen atoms in total. The van der Waals surface area contributed by atoms with Gasteiger partial charge in [-0.2, -0.15) is 0 Å². The summed E-state index contributed by atoms with van der Waals surface area (Å²) in [5, 5.41) is 0. The van der Waals surface area contributed by atoms with Crippen LogP contribution in [0.3, 0.4) is 0 Å². The lowest BCUT2D eigenvalue weighted by molar-refractivity contribution is 0.00757. The molecular weight excluding hydrogens is 215 g/mol. The molecule has 0 fully saturated rings. The van der Waals surface area contributed by atoms with E-state index in [1.165, 1.54) is 6.42 Å². The first-order valence-corrected chi connectivity index (χ1v) is 7.07. The Bertz CT molecular complexity index is 201. The van der Waals surface area contributed by atoms with Gasteiger partial charge in [-0.05, 0) is 28.8 Å². The molecule has 0 saturated carbocycles. The third-order valence-corrected chi connectivity index (χ3v) is 3.65. The minimum atomic E-state index is 0.273. The molecular formula is C14H31OP. The molecule has 0 bridgehead atoms. The van der Waals surface area contributed by atoms with Gasteiger partial charge in [0.05, 0.1) is 13.2 Å². The summed E-state index contributed by atoms with van der Waals surface area (Å²) in [6, 6.07) is 0. The van der Waals surface area contributed by atoms with Gasteiger partial charge in [-0.1, -0.05) is 48.5 Å². The van der Waals surface area contributed by atoms with E-state index in [1.54, 1.807) is 0 Å². The number of hydrogen-bond donors (Lipinski definition) is 0. The molecule has 1 unspecified atom stereocenters. The highest BCUT2D eigenvalue weighted by atomic mass is 31.0. The fourth-order valence-corrected chi connectivity index (χ4v) is 2.27. The van der Waals surface area contributed by atoms with E-state index >= 15 is 0 Å². The van der Waals surface area contributed by atoms with Crippen molar-refractivity contribution in [2.24, 2.45) is 16.2 Å². The molecule has 0 aromatic carbocycles. The lowest BCUT2D eigenvalue weighted by Gasteiger charge is -2.33. The average Bonchev–Trinajstić information content (AvgIpc) is 1.98. The summed E-state index contributed by atoms with van der Waals surface area (Å²) in [6.07, 6.45) is 2.29. The van der Waals surface area contributed by atoms with Crippen molar-refractivity contribution in [3.8, 4) is 0 Å². The molecule has 0 heterocycles. The molecule has 0 aliphatic carbocycles. The van der Waals surface area contributed by atoms with Gasteiger partial charge in [-0.3, -0.25) is 0 Å². The third kappa shape index (κ3) is 8.53. The topological polar surface area (TPSA) is 9.23 Å². The van der Waals surface area contributed by atoms with Crippen LogP contribution in [0.4, 0.5) is 0 Å². The van der Waals surface area contributed by atoms with Gasteiger partial charge < -0.3 is 4.74 Å². The summed E-state index contributed by atoms with van der Waals surface area (Å²) in [5.41, 5.74) is 0.931. The summed E-state index contributed by atoms with van der Waals surface area (Å²) < 4.78 is 5.89. The molecule has 98 valence electrons. The van der Waals surface area contributed by atoms with Gasteiger partial charge in [-0.25, -0.2) is 0 Å². The SMILES string of the molecule is CC(C)(C)CC(C)(C)COCC(C)(C)CP. The van der Waals surface area contributed by atoms with Crippen LogP contribution in [0.15, 0.2) is 0 Å². The zero-order valence-electron chi connectivity index (χ0n) is 12.3. The molecule has 0 spiro atoms. The highest BCUT2D eigenvalue weighted by molar-refractivity contribution is 7.16. The molecule has 0 aliphatic rings. The molecule has 16 heavy (non-hydrogen) atoms. The minimum absolute atomic E-state index is 0.273. The maximum atomic E-state index is 5.89. The zero-order chi connectivity index (χ0) is 13.0. The van der Waals surface area contributed by atoms with Crippen molar-refractivity contribution in [3.05, 3.63) is 0 Å². The van der Waals surface area contributed by atoms with Crippen molar-refractivity contribution in [2.45, 2.75) is 54.9 Å². The summed E-state index contributed by atoms with van der Waals surface area (Å²) in [6.45, 7) is 17.7. The number of ether oxygens (including phenoxy) is 1. The summed E-state index contributed by atoms with van der Waals surface area (Å²) in [4.78, 5) is 0. The van der Waals surface area contributed by atoms with Crippen LogP contribution in [0, 0.1) is 16.2 Å². The molecule has 1 atom stereocenters. The van der Waals surface area contributed by atoms with Gasteiger partial charge >= 0.3 is 0 Å². The van der Waals surface area contributed by atoms with Gasteiger partial charge in [-0.15, -0.1) is 9.24 Å². The molecule has 0 aromatic heterocycles. The summed E-state index contributed by atoms with van der Waals surface area (Å²) >= 11 is 0. The molecule has 0 aromatic rings.